The molecule has 6 aromatic carbocycles. The molecule has 0 amide bonds. The van der Waals surface area contributed by atoms with Crippen LogP contribution in [0.5, 0.6) is 0 Å². The molecule has 42 heavy (non-hydrogen) atoms. The number of para-hydroxylation sites is 2. The molecular weight excluding hydrogens is 508 g/mol. The Bertz CT molecular complexity index is 1710. The van der Waals surface area contributed by atoms with E-state index in [2.05, 4.69) is 169 Å². The van der Waals surface area contributed by atoms with Crippen molar-refractivity contribution in [1.82, 2.24) is 0 Å². The zero-order valence-corrected chi connectivity index (χ0v) is 24.2. The first-order valence-corrected chi connectivity index (χ1v) is 14.7. The molecule has 7 rings (SSSR count). The lowest BCUT2D eigenvalue weighted by atomic mass is 9.97. The maximum Gasteiger partial charge on any atom is 0.0493 e. The van der Waals surface area contributed by atoms with Crippen molar-refractivity contribution < 1.29 is 0 Å². The van der Waals surface area contributed by atoms with Gasteiger partial charge in [-0.3, -0.25) is 0 Å². The molecule has 1 heterocycles. The second-order valence-corrected chi connectivity index (χ2v) is 11.3. The Hall–Kier alpha value is -5.08. The number of hydrogen-bond acceptors (Lipinski definition) is 2. The summed E-state index contributed by atoms with van der Waals surface area (Å²) in [7, 11) is 0. The standard InChI is InChI=1S/C40H34N2/c1-29-17-21-35(22-18-29)41-27-31-9-7-12-34(25-31)38-14-4-6-16-40(38)42(36-23-19-30(2)20-24-36)28-32-10-8-11-33(26-32)37-13-3-5-15-39(37)41/h3-26H,27-28H2,1-2H3. The first kappa shape index (κ1) is 25.9. The van der Waals surface area contributed by atoms with Gasteiger partial charge in [0.15, 0.2) is 0 Å². The van der Waals surface area contributed by atoms with Crippen molar-refractivity contribution in [3.8, 4) is 22.3 Å². The summed E-state index contributed by atoms with van der Waals surface area (Å²) in [6.07, 6.45) is 0. The fraction of sp³-hybridized carbons (Fsp3) is 0.100. The largest absolute Gasteiger partial charge is 0.336 e. The maximum absolute atomic E-state index is 2.46. The van der Waals surface area contributed by atoms with Crippen LogP contribution in [0, 0.1) is 13.8 Å². The Labute approximate surface area is 249 Å². The quantitative estimate of drug-likeness (QED) is 0.215. The van der Waals surface area contributed by atoms with Crippen LogP contribution in [0.4, 0.5) is 22.7 Å². The predicted molar refractivity (Wildman–Crippen MR) is 178 cm³/mol. The van der Waals surface area contributed by atoms with E-state index in [4.69, 9.17) is 0 Å². The molecule has 2 nitrogen and oxygen atoms in total. The molecule has 0 atom stereocenters. The van der Waals surface area contributed by atoms with E-state index in [9.17, 15) is 0 Å². The number of benzene rings is 6. The van der Waals surface area contributed by atoms with E-state index in [1.807, 2.05) is 0 Å². The average Bonchev–Trinajstić information content (AvgIpc) is 3.03. The molecule has 0 unspecified atom stereocenters. The van der Waals surface area contributed by atoms with E-state index >= 15 is 0 Å². The first-order chi connectivity index (χ1) is 20.6. The highest BCUT2D eigenvalue weighted by molar-refractivity contribution is 5.85. The Kier molecular flexibility index (Phi) is 6.81. The zero-order valence-electron chi connectivity index (χ0n) is 24.2. The third kappa shape index (κ3) is 5.08. The van der Waals surface area contributed by atoms with Gasteiger partial charge in [0.05, 0.1) is 0 Å². The van der Waals surface area contributed by atoms with Crippen LogP contribution < -0.4 is 9.80 Å². The van der Waals surface area contributed by atoms with E-state index in [0.29, 0.717) is 0 Å². The van der Waals surface area contributed by atoms with E-state index in [-0.39, 0.29) is 0 Å². The van der Waals surface area contributed by atoms with Crippen molar-refractivity contribution in [3.63, 3.8) is 0 Å². The molecular formula is C40H34N2. The maximum atomic E-state index is 2.46. The van der Waals surface area contributed by atoms with Gasteiger partial charge in [-0.05, 0) is 84.6 Å². The topological polar surface area (TPSA) is 6.48 Å². The summed E-state index contributed by atoms with van der Waals surface area (Å²) in [5.74, 6) is 0. The summed E-state index contributed by atoms with van der Waals surface area (Å²) < 4.78 is 0. The van der Waals surface area contributed by atoms with Gasteiger partial charge >= 0.3 is 0 Å². The minimum absolute atomic E-state index is 0.761. The number of aryl methyl sites for hydroxylation is 2. The molecule has 1 aliphatic heterocycles. The monoisotopic (exact) mass is 542 g/mol. The highest BCUT2D eigenvalue weighted by Crippen LogP contribution is 2.40. The predicted octanol–water partition coefficient (Wildman–Crippen LogP) is 10.6. The molecule has 204 valence electrons. The van der Waals surface area contributed by atoms with E-state index in [1.165, 1.54) is 67.3 Å². The minimum atomic E-state index is 0.761. The van der Waals surface area contributed by atoms with Crippen molar-refractivity contribution in [2.45, 2.75) is 26.9 Å². The lowest BCUT2D eigenvalue weighted by molar-refractivity contribution is 0.968. The van der Waals surface area contributed by atoms with Crippen LogP contribution >= 0.6 is 0 Å². The lowest BCUT2D eigenvalue weighted by Gasteiger charge is -2.30. The van der Waals surface area contributed by atoms with Crippen LogP contribution in [-0.4, -0.2) is 0 Å². The average molecular weight is 543 g/mol. The van der Waals surface area contributed by atoms with Gasteiger partial charge in [0, 0.05) is 47.0 Å². The van der Waals surface area contributed by atoms with Crippen LogP contribution in [0.3, 0.4) is 0 Å². The molecule has 0 spiro atoms. The van der Waals surface area contributed by atoms with Crippen LogP contribution in [0.1, 0.15) is 22.3 Å². The molecule has 0 aromatic heterocycles. The fourth-order valence-corrected chi connectivity index (χ4v) is 6.03. The number of rotatable bonds is 2. The van der Waals surface area contributed by atoms with Gasteiger partial charge in [0.25, 0.3) is 0 Å². The summed E-state index contributed by atoms with van der Waals surface area (Å²) in [5.41, 5.74) is 14.8. The van der Waals surface area contributed by atoms with Gasteiger partial charge in [-0.2, -0.15) is 0 Å². The Morgan fingerprint density at radius 3 is 1.24 bits per heavy atom. The number of fused-ring (bicyclic) bond motifs is 8. The summed E-state index contributed by atoms with van der Waals surface area (Å²) in [5, 5.41) is 0. The molecule has 0 saturated heterocycles. The number of hydrogen-bond donors (Lipinski definition) is 0. The second-order valence-electron chi connectivity index (χ2n) is 11.3. The fourth-order valence-electron chi connectivity index (χ4n) is 6.03. The summed E-state index contributed by atoms with van der Waals surface area (Å²) >= 11 is 0. The molecule has 0 fully saturated rings. The number of anilines is 4. The van der Waals surface area contributed by atoms with Crippen LogP contribution in [0.15, 0.2) is 146 Å². The summed E-state index contributed by atoms with van der Waals surface area (Å²) in [6, 6.07) is 53.5. The Morgan fingerprint density at radius 2 is 0.810 bits per heavy atom. The first-order valence-electron chi connectivity index (χ1n) is 14.7. The molecule has 2 heteroatoms. The molecule has 6 aromatic rings. The van der Waals surface area contributed by atoms with Crippen LogP contribution in [0.25, 0.3) is 22.3 Å². The number of nitrogens with zero attached hydrogens (tertiary/aromatic N) is 2. The Morgan fingerprint density at radius 1 is 0.405 bits per heavy atom. The van der Waals surface area contributed by atoms with Gasteiger partial charge in [0.2, 0.25) is 0 Å². The Balaban J connectivity index is 1.47. The molecule has 4 bridgehead atoms. The highest BCUT2D eigenvalue weighted by atomic mass is 15.1. The third-order valence-electron chi connectivity index (χ3n) is 8.24. The molecule has 0 saturated carbocycles. The van der Waals surface area contributed by atoms with E-state index < -0.39 is 0 Å². The molecule has 0 aliphatic carbocycles. The van der Waals surface area contributed by atoms with Crippen molar-refractivity contribution >= 4 is 22.7 Å². The van der Waals surface area contributed by atoms with Gasteiger partial charge in [-0.15, -0.1) is 0 Å². The third-order valence-corrected chi connectivity index (χ3v) is 8.24. The normalized spacial score (nSPS) is 12.7. The van der Waals surface area contributed by atoms with Crippen molar-refractivity contribution in [2.75, 3.05) is 9.80 Å². The van der Waals surface area contributed by atoms with Crippen LogP contribution in [0.2, 0.25) is 0 Å². The zero-order chi connectivity index (χ0) is 28.5. The van der Waals surface area contributed by atoms with Gasteiger partial charge in [-0.25, -0.2) is 0 Å². The lowest BCUT2D eigenvalue weighted by Crippen LogP contribution is -2.19. The van der Waals surface area contributed by atoms with Crippen molar-refractivity contribution in [2.24, 2.45) is 0 Å². The SMILES string of the molecule is Cc1ccc(N2Cc3cccc(c3)-c3ccccc3N(c3ccc(C)cc3)Cc3cccc(c3)-c3ccccc32)cc1. The van der Waals surface area contributed by atoms with Crippen LogP contribution in [-0.2, 0) is 13.1 Å². The minimum Gasteiger partial charge on any atom is -0.336 e. The van der Waals surface area contributed by atoms with Gasteiger partial charge in [0.1, 0.15) is 0 Å². The van der Waals surface area contributed by atoms with Crippen molar-refractivity contribution in [1.29, 1.82) is 0 Å². The van der Waals surface area contributed by atoms with E-state index in [1.54, 1.807) is 0 Å². The summed E-state index contributed by atoms with van der Waals surface area (Å²) in [4.78, 5) is 4.91. The van der Waals surface area contributed by atoms with Gasteiger partial charge < -0.3 is 9.80 Å². The molecule has 1 aliphatic rings. The smallest absolute Gasteiger partial charge is 0.0493 e. The highest BCUT2D eigenvalue weighted by Gasteiger charge is 2.20. The summed E-state index contributed by atoms with van der Waals surface area (Å²) in [6.45, 7) is 5.81. The second kappa shape index (κ2) is 11.1. The molecule has 0 radical (unpaired) electrons. The van der Waals surface area contributed by atoms with E-state index in [0.717, 1.165) is 13.1 Å². The van der Waals surface area contributed by atoms with Crippen molar-refractivity contribution in [3.05, 3.63) is 168 Å². The van der Waals surface area contributed by atoms with Gasteiger partial charge in [-0.1, -0.05) is 108 Å². The molecule has 0 N–H and O–H groups in total.